The molecule has 3 heterocycles. The Bertz CT molecular complexity index is 981. The Hall–Kier alpha value is -2.24. The van der Waals surface area contributed by atoms with Crippen molar-refractivity contribution in [2.75, 3.05) is 24.5 Å². The van der Waals surface area contributed by atoms with Crippen molar-refractivity contribution in [3.05, 3.63) is 59.1 Å². The van der Waals surface area contributed by atoms with Gasteiger partial charge < -0.3 is 4.90 Å². The Balaban J connectivity index is 1.32. The molecular formula is C23H25N3OS. The van der Waals surface area contributed by atoms with Crippen LogP contribution in [0.25, 0.3) is 10.2 Å². The molecule has 0 N–H and O–H groups in total. The molecule has 2 atom stereocenters. The van der Waals surface area contributed by atoms with E-state index < -0.39 is 0 Å². The van der Waals surface area contributed by atoms with E-state index in [-0.39, 0.29) is 11.9 Å². The number of hydrogen-bond donors (Lipinski definition) is 0. The zero-order valence-corrected chi connectivity index (χ0v) is 17.0. The predicted octanol–water partition coefficient (Wildman–Crippen LogP) is 4.45. The lowest BCUT2D eigenvalue weighted by Crippen LogP contribution is -2.49. The van der Waals surface area contributed by atoms with Gasteiger partial charge in [0.05, 0.1) is 21.3 Å². The summed E-state index contributed by atoms with van der Waals surface area (Å²) in [7, 11) is 0. The van der Waals surface area contributed by atoms with Gasteiger partial charge in [-0.25, -0.2) is 4.98 Å². The number of hydrogen-bond acceptors (Lipinski definition) is 4. The van der Waals surface area contributed by atoms with Gasteiger partial charge in [0.1, 0.15) is 0 Å². The van der Waals surface area contributed by atoms with E-state index in [1.807, 2.05) is 28.4 Å². The normalized spacial score (nSPS) is 21.0. The van der Waals surface area contributed by atoms with Crippen molar-refractivity contribution < 1.29 is 4.79 Å². The Morgan fingerprint density at radius 3 is 2.86 bits per heavy atom. The summed E-state index contributed by atoms with van der Waals surface area (Å²) < 4.78 is 1.26. The van der Waals surface area contributed by atoms with Crippen LogP contribution < -0.4 is 4.90 Å². The summed E-state index contributed by atoms with van der Waals surface area (Å²) in [4.78, 5) is 22.5. The smallest absolute Gasteiger partial charge is 0.244 e. The molecule has 28 heavy (non-hydrogen) atoms. The van der Waals surface area contributed by atoms with Crippen molar-refractivity contribution >= 4 is 33.1 Å². The molecule has 144 valence electrons. The molecule has 5 rings (SSSR count). The molecule has 2 aliphatic heterocycles. The largest absolute Gasteiger partial charge is 0.310 e. The Morgan fingerprint density at radius 1 is 1.14 bits per heavy atom. The number of nitrogens with zero attached hydrogens (tertiary/aromatic N) is 3. The van der Waals surface area contributed by atoms with E-state index in [4.69, 9.17) is 4.98 Å². The maximum atomic E-state index is 13.3. The highest BCUT2D eigenvalue weighted by molar-refractivity contribution is 7.18. The Kier molecular flexibility index (Phi) is 4.65. The van der Waals surface area contributed by atoms with Crippen LogP contribution in [0.5, 0.6) is 0 Å². The van der Waals surface area contributed by atoms with Gasteiger partial charge in [-0.1, -0.05) is 30.3 Å². The molecule has 0 saturated carbocycles. The molecule has 2 unspecified atom stereocenters. The van der Waals surface area contributed by atoms with Crippen molar-refractivity contribution in [1.29, 1.82) is 0 Å². The topological polar surface area (TPSA) is 36.4 Å². The van der Waals surface area contributed by atoms with Crippen molar-refractivity contribution in [3.8, 4) is 0 Å². The SMILES string of the molecule is CC(C(=O)N1CCc2ccccc21)N1CCCC(c2nc3ccccc3s2)C1. The van der Waals surface area contributed by atoms with Crippen LogP contribution in [0.2, 0.25) is 0 Å². The maximum absolute atomic E-state index is 13.3. The first-order valence-electron chi connectivity index (χ1n) is 10.2. The van der Waals surface area contributed by atoms with Crippen LogP contribution in [-0.2, 0) is 11.2 Å². The van der Waals surface area contributed by atoms with Gasteiger partial charge in [0.15, 0.2) is 0 Å². The van der Waals surface area contributed by atoms with Gasteiger partial charge in [-0.3, -0.25) is 9.69 Å². The number of aromatic nitrogens is 1. The molecule has 0 bridgehead atoms. The van der Waals surface area contributed by atoms with Crippen molar-refractivity contribution in [1.82, 2.24) is 9.88 Å². The monoisotopic (exact) mass is 391 g/mol. The first-order chi connectivity index (χ1) is 13.7. The molecule has 1 aromatic heterocycles. The van der Waals surface area contributed by atoms with Gasteiger partial charge in [0, 0.05) is 24.7 Å². The maximum Gasteiger partial charge on any atom is 0.244 e. The van der Waals surface area contributed by atoms with Crippen LogP contribution >= 0.6 is 11.3 Å². The van der Waals surface area contributed by atoms with E-state index in [1.54, 1.807) is 0 Å². The fraction of sp³-hybridized carbons (Fsp3) is 0.391. The summed E-state index contributed by atoms with van der Waals surface area (Å²) in [6.45, 7) is 4.79. The average Bonchev–Trinajstić information content (AvgIpc) is 3.37. The lowest BCUT2D eigenvalue weighted by Gasteiger charge is -2.37. The van der Waals surface area contributed by atoms with Crippen LogP contribution in [0.1, 0.15) is 36.3 Å². The Labute approximate surface area is 169 Å². The molecule has 2 aromatic carbocycles. The van der Waals surface area contributed by atoms with E-state index in [0.29, 0.717) is 5.92 Å². The number of anilines is 1. The van der Waals surface area contributed by atoms with Crippen molar-refractivity contribution in [3.63, 3.8) is 0 Å². The highest BCUT2D eigenvalue weighted by Gasteiger charge is 2.34. The third-order valence-electron chi connectivity index (χ3n) is 6.17. The molecule has 5 heteroatoms. The average molecular weight is 392 g/mol. The van der Waals surface area contributed by atoms with Gasteiger partial charge >= 0.3 is 0 Å². The molecule has 1 fully saturated rings. The molecular weight excluding hydrogens is 366 g/mol. The van der Waals surface area contributed by atoms with E-state index in [9.17, 15) is 4.79 Å². The number of amides is 1. The van der Waals surface area contributed by atoms with Crippen LogP contribution in [0, 0.1) is 0 Å². The summed E-state index contributed by atoms with van der Waals surface area (Å²) in [5.41, 5.74) is 3.48. The summed E-state index contributed by atoms with van der Waals surface area (Å²) in [6, 6.07) is 16.6. The van der Waals surface area contributed by atoms with Crippen molar-refractivity contribution in [2.24, 2.45) is 0 Å². The zero-order chi connectivity index (χ0) is 19.1. The minimum absolute atomic E-state index is 0.0941. The standard InChI is InChI=1S/C23H25N3OS/c1-16(23(27)26-14-12-17-7-2-4-10-20(17)26)25-13-6-8-18(15-25)22-24-19-9-3-5-11-21(19)28-22/h2-5,7,9-11,16,18H,6,8,12-15H2,1H3. The molecule has 0 radical (unpaired) electrons. The van der Waals surface area contributed by atoms with Gasteiger partial charge in [-0.15, -0.1) is 11.3 Å². The van der Waals surface area contributed by atoms with Gasteiger partial charge in [-0.2, -0.15) is 0 Å². The second-order valence-corrected chi connectivity index (χ2v) is 8.96. The highest BCUT2D eigenvalue weighted by atomic mass is 32.1. The number of rotatable bonds is 3. The first kappa shape index (κ1) is 17.8. The lowest BCUT2D eigenvalue weighted by atomic mass is 9.97. The summed E-state index contributed by atoms with van der Waals surface area (Å²) in [5.74, 6) is 0.655. The minimum Gasteiger partial charge on any atom is -0.310 e. The molecule has 1 amide bonds. The molecule has 1 saturated heterocycles. The van der Waals surface area contributed by atoms with E-state index in [2.05, 4.69) is 48.2 Å². The van der Waals surface area contributed by atoms with Gasteiger partial charge in [0.25, 0.3) is 0 Å². The summed E-state index contributed by atoms with van der Waals surface area (Å²) >= 11 is 1.81. The molecule has 3 aromatic rings. The highest BCUT2D eigenvalue weighted by Crippen LogP contribution is 2.34. The van der Waals surface area contributed by atoms with E-state index in [1.165, 1.54) is 15.3 Å². The van der Waals surface area contributed by atoms with Gasteiger partial charge in [0.2, 0.25) is 5.91 Å². The number of thiazole rings is 1. The number of likely N-dealkylation sites (tertiary alicyclic amines) is 1. The number of fused-ring (bicyclic) bond motifs is 2. The fourth-order valence-corrected chi connectivity index (χ4v) is 5.67. The van der Waals surface area contributed by atoms with Gasteiger partial charge in [-0.05, 0) is 56.5 Å². The van der Waals surface area contributed by atoms with E-state index >= 15 is 0 Å². The number of para-hydroxylation sites is 2. The van der Waals surface area contributed by atoms with Crippen LogP contribution in [0.3, 0.4) is 0 Å². The number of piperidine rings is 1. The fourth-order valence-electron chi connectivity index (χ4n) is 4.57. The van der Waals surface area contributed by atoms with Crippen molar-refractivity contribution in [2.45, 2.75) is 38.1 Å². The second-order valence-electron chi connectivity index (χ2n) is 7.90. The zero-order valence-electron chi connectivity index (χ0n) is 16.2. The summed E-state index contributed by atoms with van der Waals surface area (Å²) in [6.07, 6.45) is 3.24. The molecule has 0 aliphatic carbocycles. The minimum atomic E-state index is -0.0941. The number of carbonyl (C=O) groups excluding carboxylic acids is 1. The van der Waals surface area contributed by atoms with Crippen LogP contribution in [0.15, 0.2) is 48.5 Å². The Morgan fingerprint density at radius 2 is 1.96 bits per heavy atom. The summed E-state index contributed by atoms with van der Waals surface area (Å²) in [5, 5.41) is 1.22. The van der Waals surface area contributed by atoms with E-state index in [0.717, 1.165) is 50.1 Å². The van der Waals surface area contributed by atoms with Crippen LogP contribution in [-0.4, -0.2) is 41.5 Å². The molecule has 4 nitrogen and oxygen atoms in total. The lowest BCUT2D eigenvalue weighted by molar-refractivity contribution is -0.123. The molecule has 0 spiro atoms. The first-order valence-corrected chi connectivity index (χ1v) is 11.0. The molecule has 2 aliphatic rings. The number of carbonyl (C=O) groups is 1. The third kappa shape index (κ3) is 3.12. The quantitative estimate of drug-likeness (QED) is 0.662. The third-order valence-corrected chi connectivity index (χ3v) is 7.37. The predicted molar refractivity (Wildman–Crippen MR) is 115 cm³/mol. The number of benzene rings is 2. The van der Waals surface area contributed by atoms with Crippen LogP contribution in [0.4, 0.5) is 5.69 Å². The second kappa shape index (κ2) is 7.30.